The van der Waals surface area contributed by atoms with Gasteiger partial charge in [0.1, 0.15) is 0 Å². The van der Waals surface area contributed by atoms with Gasteiger partial charge < -0.3 is 0 Å². The highest BCUT2D eigenvalue weighted by molar-refractivity contribution is 5.36. The summed E-state index contributed by atoms with van der Waals surface area (Å²) in [6.07, 6.45) is 1.47. The number of aromatic nitrogens is 2. The van der Waals surface area contributed by atoms with E-state index in [0.29, 0.717) is 5.56 Å². The predicted octanol–water partition coefficient (Wildman–Crippen LogP) is 1.65. The van der Waals surface area contributed by atoms with Crippen LogP contribution in [0.25, 0.3) is 0 Å². The Morgan fingerprint density at radius 1 is 1.47 bits per heavy atom. The molecule has 1 aromatic carbocycles. The Hall–Kier alpha value is -2.57. The molecule has 98 valence electrons. The van der Waals surface area contributed by atoms with Crippen LogP contribution in [0.5, 0.6) is 0 Å². The maximum Gasteiger partial charge on any atom is 0.305 e. The molecule has 6 nitrogen and oxygen atoms in total. The van der Waals surface area contributed by atoms with Crippen molar-refractivity contribution in [3.63, 3.8) is 0 Å². The Morgan fingerprint density at radius 2 is 2.21 bits per heavy atom. The fourth-order valence-corrected chi connectivity index (χ4v) is 1.63. The number of rotatable bonds is 3. The second-order valence-corrected chi connectivity index (χ2v) is 4.04. The van der Waals surface area contributed by atoms with Crippen LogP contribution in [0.15, 0.2) is 35.3 Å². The van der Waals surface area contributed by atoms with Crippen molar-refractivity contribution >= 4 is 5.69 Å². The molecule has 2 rings (SSSR count). The highest BCUT2D eigenvalue weighted by Crippen LogP contribution is 2.20. The summed E-state index contributed by atoms with van der Waals surface area (Å²) >= 11 is 0. The van der Waals surface area contributed by atoms with Crippen LogP contribution < -0.4 is 5.56 Å². The molecule has 0 radical (unpaired) electrons. The molecule has 0 atom stereocenters. The highest BCUT2D eigenvalue weighted by atomic mass is 19.1. The SMILES string of the molecule is Cc1cnn(Cc2cccc([N+](=O)[O-])c2F)c(=O)c1. The fourth-order valence-electron chi connectivity index (χ4n) is 1.63. The smallest absolute Gasteiger partial charge is 0.268 e. The van der Waals surface area contributed by atoms with Crippen LogP contribution in [-0.2, 0) is 6.54 Å². The third-order valence-corrected chi connectivity index (χ3v) is 2.58. The zero-order valence-corrected chi connectivity index (χ0v) is 10.0. The van der Waals surface area contributed by atoms with E-state index < -0.39 is 16.4 Å². The number of nitrogens with zero attached hydrogens (tertiary/aromatic N) is 3. The average molecular weight is 263 g/mol. The van der Waals surface area contributed by atoms with E-state index in [1.165, 1.54) is 24.4 Å². The van der Waals surface area contributed by atoms with Crippen molar-refractivity contribution in [2.45, 2.75) is 13.5 Å². The van der Waals surface area contributed by atoms with Gasteiger partial charge in [-0.05, 0) is 12.5 Å². The van der Waals surface area contributed by atoms with Crippen molar-refractivity contribution < 1.29 is 9.31 Å². The molecule has 2 aromatic rings. The average Bonchev–Trinajstić information content (AvgIpc) is 2.34. The predicted molar refractivity (Wildman–Crippen MR) is 65.4 cm³/mol. The summed E-state index contributed by atoms with van der Waals surface area (Å²) in [5, 5.41) is 14.5. The van der Waals surface area contributed by atoms with Gasteiger partial charge in [0, 0.05) is 17.7 Å². The number of hydrogen-bond donors (Lipinski definition) is 0. The second kappa shape index (κ2) is 4.97. The van der Waals surface area contributed by atoms with E-state index in [1.54, 1.807) is 6.92 Å². The minimum Gasteiger partial charge on any atom is -0.268 e. The van der Waals surface area contributed by atoms with Crippen molar-refractivity contribution in [1.29, 1.82) is 0 Å². The van der Waals surface area contributed by atoms with E-state index in [2.05, 4.69) is 5.10 Å². The molecule has 0 aliphatic carbocycles. The lowest BCUT2D eigenvalue weighted by molar-refractivity contribution is -0.387. The summed E-state index contributed by atoms with van der Waals surface area (Å²) in [6, 6.07) is 5.19. The zero-order valence-electron chi connectivity index (χ0n) is 10.0. The molecule has 1 aromatic heterocycles. The first kappa shape index (κ1) is 12.9. The van der Waals surface area contributed by atoms with Crippen LogP contribution in [-0.4, -0.2) is 14.7 Å². The van der Waals surface area contributed by atoms with Gasteiger partial charge >= 0.3 is 5.69 Å². The van der Waals surface area contributed by atoms with Crippen molar-refractivity contribution in [1.82, 2.24) is 9.78 Å². The highest BCUT2D eigenvalue weighted by Gasteiger charge is 2.17. The van der Waals surface area contributed by atoms with Gasteiger partial charge in [-0.1, -0.05) is 12.1 Å². The second-order valence-electron chi connectivity index (χ2n) is 4.04. The van der Waals surface area contributed by atoms with Gasteiger partial charge in [0.05, 0.1) is 17.7 Å². The molecule has 0 saturated heterocycles. The summed E-state index contributed by atoms with van der Waals surface area (Å²) < 4.78 is 14.9. The van der Waals surface area contributed by atoms with Crippen molar-refractivity contribution in [2.75, 3.05) is 0 Å². The molecular weight excluding hydrogens is 253 g/mol. The van der Waals surface area contributed by atoms with Crippen LogP contribution >= 0.6 is 0 Å². The topological polar surface area (TPSA) is 78.0 Å². The zero-order chi connectivity index (χ0) is 14.0. The summed E-state index contributed by atoms with van der Waals surface area (Å²) in [5.74, 6) is -0.943. The Bertz CT molecular complexity index is 697. The number of nitro benzene ring substituents is 1. The molecule has 0 saturated carbocycles. The van der Waals surface area contributed by atoms with E-state index in [-0.39, 0.29) is 17.7 Å². The molecule has 0 fully saturated rings. The van der Waals surface area contributed by atoms with Crippen molar-refractivity contribution in [3.05, 3.63) is 67.9 Å². The third-order valence-electron chi connectivity index (χ3n) is 2.58. The normalized spacial score (nSPS) is 10.4. The molecule has 0 amide bonds. The molecule has 0 bridgehead atoms. The number of benzene rings is 1. The molecule has 19 heavy (non-hydrogen) atoms. The molecule has 0 aliphatic heterocycles. The van der Waals surface area contributed by atoms with Crippen LogP contribution in [0.2, 0.25) is 0 Å². The third kappa shape index (κ3) is 2.65. The van der Waals surface area contributed by atoms with Crippen LogP contribution in [0.4, 0.5) is 10.1 Å². The van der Waals surface area contributed by atoms with Gasteiger partial charge in [-0.3, -0.25) is 14.9 Å². The lowest BCUT2D eigenvalue weighted by atomic mass is 10.2. The number of nitro groups is 1. The van der Waals surface area contributed by atoms with E-state index in [0.717, 1.165) is 10.7 Å². The van der Waals surface area contributed by atoms with Crippen LogP contribution in [0, 0.1) is 22.9 Å². The fraction of sp³-hybridized carbons (Fsp3) is 0.167. The Balaban J connectivity index is 2.41. The number of halogens is 1. The summed E-state index contributed by atoms with van der Waals surface area (Å²) in [4.78, 5) is 21.4. The number of hydrogen-bond acceptors (Lipinski definition) is 4. The Kier molecular flexibility index (Phi) is 3.37. The molecule has 0 N–H and O–H groups in total. The first-order valence-electron chi connectivity index (χ1n) is 5.44. The molecule has 7 heteroatoms. The van der Waals surface area contributed by atoms with Crippen LogP contribution in [0.3, 0.4) is 0 Å². The van der Waals surface area contributed by atoms with Crippen molar-refractivity contribution in [3.8, 4) is 0 Å². The maximum atomic E-state index is 13.8. The molecule has 1 heterocycles. The van der Waals surface area contributed by atoms with Crippen LogP contribution in [0.1, 0.15) is 11.1 Å². The van der Waals surface area contributed by atoms with E-state index in [9.17, 15) is 19.3 Å². The molecule has 0 spiro atoms. The van der Waals surface area contributed by atoms with Gasteiger partial charge in [-0.15, -0.1) is 0 Å². The van der Waals surface area contributed by atoms with E-state index >= 15 is 0 Å². The van der Waals surface area contributed by atoms with Gasteiger partial charge in [-0.2, -0.15) is 9.49 Å². The van der Waals surface area contributed by atoms with E-state index in [1.807, 2.05) is 0 Å². The summed E-state index contributed by atoms with van der Waals surface area (Å²) in [7, 11) is 0. The van der Waals surface area contributed by atoms with E-state index in [4.69, 9.17) is 0 Å². The summed E-state index contributed by atoms with van der Waals surface area (Å²) in [5.41, 5.74) is -0.253. The van der Waals surface area contributed by atoms with Gasteiger partial charge in [0.15, 0.2) is 0 Å². The maximum absolute atomic E-state index is 13.8. The number of aryl methyl sites for hydroxylation is 1. The first-order chi connectivity index (χ1) is 8.99. The Morgan fingerprint density at radius 3 is 2.84 bits per heavy atom. The lowest BCUT2D eigenvalue weighted by Gasteiger charge is -2.06. The molecule has 0 unspecified atom stereocenters. The summed E-state index contributed by atoms with van der Waals surface area (Å²) in [6.45, 7) is 1.57. The van der Waals surface area contributed by atoms with Gasteiger partial charge in [0.2, 0.25) is 5.82 Å². The standard InChI is InChI=1S/C12H10FN3O3/c1-8-5-11(17)15(14-6-8)7-9-3-2-4-10(12(9)13)16(18)19/h2-6H,7H2,1H3. The molecular formula is C12H10FN3O3. The largest absolute Gasteiger partial charge is 0.305 e. The first-order valence-corrected chi connectivity index (χ1v) is 5.44. The Labute approximate surface area is 107 Å². The monoisotopic (exact) mass is 263 g/mol. The molecule has 0 aliphatic rings. The minimum absolute atomic E-state index is 0.0488. The quantitative estimate of drug-likeness (QED) is 0.623. The van der Waals surface area contributed by atoms with Gasteiger partial charge in [-0.25, -0.2) is 4.68 Å². The minimum atomic E-state index is -0.943. The van der Waals surface area contributed by atoms with Gasteiger partial charge in [0.25, 0.3) is 5.56 Å². The lowest BCUT2D eigenvalue weighted by Crippen LogP contribution is -2.23. The van der Waals surface area contributed by atoms with Crippen molar-refractivity contribution in [2.24, 2.45) is 0 Å².